The van der Waals surface area contributed by atoms with Gasteiger partial charge in [0.1, 0.15) is 19.3 Å². The third-order valence-electron chi connectivity index (χ3n) is 16.8. The lowest BCUT2D eigenvalue weighted by atomic mass is 10.0. The van der Waals surface area contributed by atoms with Crippen molar-refractivity contribution in [1.82, 2.24) is 0 Å². The Morgan fingerprint density at radius 2 is 0.510 bits per heavy atom. The monoisotopic (exact) mass is 1470 g/mol. The molecular formula is C83H144O17P2. The van der Waals surface area contributed by atoms with E-state index >= 15 is 0 Å². The van der Waals surface area contributed by atoms with Crippen molar-refractivity contribution in [3.8, 4) is 0 Å². The maximum absolute atomic E-state index is 13.1. The number of phosphoric ester groups is 2. The van der Waals surface area contributed by atoms with Crippen LogP contribution in [0.25, 0.3) is 0 Å². The van der Waals surface area contributed by atoms with Gasteiger partial charge in [-0.2, -0.15) is 0 Å². The van der Waals surface area contributed by atoms with Gasteiger partial charge in [-0.3, -0.25) is 37.3 Å². The van der Waals surface area contributed by atoms with Gasteiger partial charge in [-0.15, -0.1) is 0 Å². The number of hydrogen-bond acceptors (Lipinski definition) is 15. The van der Waals surface area contributed by atoms with Crippen LogP contribution in [0.5, 0.6) is 0 Å². The largest absolute Gasteiger partial charge is 0.472 e. The van der Waals surface area contributed by atoms with E-state index in [2.05, 4.69) is 137 Å². The van der Waals surface area contributed by atoms with Crippen molar-refractivity contribution in [1.29, 1.82) is 0 Å². The van der Waals surface area contributed by atoms with Crippen molar-refractivity contribution < 1.29 is 80.2 Å². The van der Waals surface area contributed by atoms with Gasteiger partial charge in [0.2, 0.25) is 0 Å². The van der Waals surface area contributed by atoms with E-state index in [4.69, 9.17) is 37.0 Å². The minimum absolute atomic E-state index is 0.0581. The summed E-state index contributed by atoms with van der Waals surface area (Å²) in [6.45, 7) is 4.62. The molecule has 5 atom stereocenters. The van der Waals surface area contributed by atoms with Crippen LogP contribution in [0.2, 0.25) is 0 Å². The van der Waals surface area contributed by atoms with E-state index in [9.17, 15) is 43.2 Å². The van der Waals surface area contributed by atoms with Crippen LogP contribution in [0, 0.1) is 0 Å². The molecule has 0 bridgehead atoms. The van der Waals surface area contributed by atoms with Crippen molar-refractivity contribution >= 4 is 39.5 Å². The van der Waals surface area contributed by atoms with Gasteiger partial charge in [-0.05, 0) is 109 Å². The standard InChI is InChI=1S/C83H144O17P2/c1-5-9-13-17-21-25-29-32-35-37-38-40-42-45-49-52-56-60-64-68-81(86)94-74-79(100-83(88)70-66-62-58-54-50-46-43-39-36-33-30-26-22-18-14-10-6-2)76-98-102(91,92)96-72-77(84)71-95-101(89,90)97-75-78(99-82(87)69-65-61-57-53-47-28-24-20-16-12-8-4)73-93-80(85)67-63-59-55-51-48-44-41-34-31-27-23-19-15-11-7-3/h9-10,13-14,21-22,25-26,32-33,35-36,38,40,43,45-46,49,77-79,84H,5-8,11-12,15-20,23-24,27-31,34,37,39,41-42,44,47-48,50-76H2,1-4H3,(H,89,90)(H,91,92)/b13-9-,14-10-,25-21-,26-22-,35-32-,36-33-,40-38-,46-43-,49-45-. The lowest BCUT2D eigenvalue weighted by molar-refractivity contribution is -0.161. The topological polar surface area (TPSA) is 237 Å². The zero-order valence-corrected chi connectivity index (χ0v) is 66.0. The number of carbonyl (C=O) groups excluding carboxylic acids is 4. The highest BCUT2D eigenvalue weighted by atomic mass is 31.2. The molecule has 0 rings (SSSR count). The van der Waals surface area contributed by atoms with Crippen molar-refractivity contribution in [2.45, 2.75) is 354 Å². The highest BCUT2D eigenvalue weighted by molar-refractivity contribution is 7.47. The van der Waals surface area contributed by atoms with Crippen LogP contribution < -0.4 is 0 Å². The first-order valence-electron chi connectivity index (χ1n) is 40.1. The fourth-order valence-corrected chi connectivity index (χ4v) is 12.3. The third kappa shape index (κ3) is 74.0. The number of aliphatic hydroxyl groups excluding tert-OH is 1. The summed E-state index contributed by atoms with van der Waals surface area (Å²) in [6, 6.07) is 0. The molecule has 0 aliphatic carbocycles. The quantitative estimate of drug-likeness (QED) is 0.0169. The van der Waals surface area contributed by atoms with Crippen LogP contribution >= 0.6 is 15.6 Å². The molecule has 0 spiro atoms. The fourth-order valence-electron chi connectivity index (χ4n) is 10.7. The second kappa shape index (κ2) is 75.0. The molecule has 102 heavy (non-hydrogen) atoms. The average molecular weight is 1480 g/mol. The molecule has 0 fully saturated rings. The van der Waals surface area contributed by atoms with E-state index in [1.165, 1.54) is 109 Å². The third-order valence-corrected chi connectivity index (χ3v) is 18.7. The summed E-state index contributed by atoms with van der Waals surface area (Å²) in [6.07, 6.45) is 80.7. The highest BCUT2D eigenvalue weighted by Gasteiger charge is 2.30. The number of rotatable bonds is 75. The number of aliphatic hydroxyl groups is 1. The number of phosphoric acid groups is 2. The second-order valence-electron chi connectivity index (χ2n) is 26.6. The van der Waals surface area contributed by atoms with Crippen LogP contribution in [-0.2, 0) is 65.4 Å². The molecule has 0 aromatic heterocycles. The first kappa shape index (κ1) is 97.7. The summed E-state index contributed by atoms with van der Waals surface area (Å²) < 4.78 is 68.6. The Morgan fingerprint density at radius 3 is 0.794 bits per heavy atom. The molecule has 0 aliphatic heterocycles. The van der Waals surface area contributed by atoms with Crippen molar-refractivity contribution in [2.75, 3.05) is 39.6 Å². The van der Waals surface area contributed by atoms with E-state index in [-0.39, 0.29) is 25.7 Å². The van der Waals surface area contributed by atoms with E-state index in [1.54, 1.807) is 0 Å². The van der Waals surface area contributed by atoms with Gasteiger partial charge in [0.15, 0.2) is 12.2 Å². The van der Waals surface area contributed by atoms with Crippen LogP contribution in [0.15, 0.2) is 109 Å². The van der Waals surface area contributed by atoms with Crippen LogP contribution in [-0.4, -0.2) is 96.7 Å². The molecular weight excluding hydrogens is 1330 g/mol. The normalized spacial score (nSPS) is 14.5. The minimum atomic E-state index is -4.99. The van der Waals surface area contributed by atoms with E-state index in [1.807, 2.05) is 0 Å². The Bertz CT molecular complexity index is 2360. The molecule has 588 valence electrons. The molecule has 0 radical (unpaired) electrons. The Kier molecular flexibility index (Phi) is 71.8. The number of allylic oxidation sites excluding steroid dienone is 18. The number of ether oxygens (including phenoxy) is 4. The Labute approximate surface area is 619 Å². The second-order valence-corrected chi connectivity index (χ2v) is 29.5. The first-order chi connectivity index (χ1) is 49.7. The molecule has 0 saturated carbocycles. The lowest BCUT2D eigenvalue weighted by Crippen LogP contribution is -2.30. The summed E-state index contributed by atoms with van der Waals surface area (Å²) in [7, 11) is -9.96. The average Bonchev–Trinajstić information content (AvgIpc) is 0.921. The number of hydrogen-bond donors (Lipinski definition) is 3. The maximum Gasteiger partial charge on any atom is 0.472 e. The number of carbonyl (C=O) groups is 4. The van der Waals surface area contributed by atoms with Gasteiger partial charge in [0.25, 0.3) is 0 Å². The zero-order chi connectivity index (χ0) is 74.6. The van der Waals surface area contributed by atoms with E-state index < -0.39 is 97.5 Å². The van der Waals surface area contributed by atoms with Gasteiger partial charge in [-0.1, -0.05) is 310 Å². The van der Waals surface area contributed by atoms with Crippen LogP contribution in [0.3, 0.4) is 0 Å². The van der Waals surface area contributed by atoms with Crippen LogP contribution in [0.1, 0.15) is 336 Å². The summed E-state index contributed by atoms with van der Waals surface area (Å²) >= 11 is 0. The van der Waals surface area contributed by atoms with Gasteiger partial charge in [0, 0.05) is 25.7 Å². The summed E-state index contributed by atoms with van der Waals surface area (Å²) in [5.74, 6) is -2.22. The summed E-state index contributed by atoms with van der Waals surface area (Å²) in [5, 5.41) is 10.6. The molecule has 0 heterocycles. The molecule has 19 heteroatoms. The maximum atomic E-state index is 13.1. The van der Waals surface area contributed by atoms with Crippen LogP contribution in [0.4, 0.5) is 0 Å². The number of unbranched alkanes of at least 4 members (excludes halogenated alkanes) is 31. The predicted octanol–water partition coefficient (Wildman–Crippen LogP) is 23.3. The SMILES string of the molecule is CC/C=C\C/C=C\C/C=C\C/C=C\C/C=C\CCCCCC(=O)OCC(COP(=O)(O)OCC(O)COP(=O)(O)OCC(COC(=O)CCCCCCCCCCCCCCCCC)OC(=O)CCCCCCCCCCCCC)OC(=O)CCCCCC/C=C\C/C=C\C/C=C\C/C=C\CC. The molecule has 0 aromatic carbocycles. The Balaban J connectivity index is 5.37. The smallest absolute Gasteiger partial charge is 0.462 e. The predicted molar refractivity (Wildman–Crippen MR) is 418 cm³/mol. The lowest BCUT2D eigenvalue weighted by Gasteiger charge is -2.21. The molecule has 0 aromatic rings. The highest BCUT2D eigenvalue weighted by Crippen LogP contribution is 2.45. The molecule has 3 N–H and O–H groups in total. The fraction of sp³-hybridized carbons (Fsp3) is 0.735. The van der Waals surface area contributed by atoms with Gasteiger partial charge < -0.3 is 33.8 Å². The van der Waals surface area contributed by atoms with Gasteiger partial charge in [0.05, 0.1) is 26.4 Å². The zero-order valence-electron chi connectivity index (χ0n) is 64.3. The molecule has 0 aliphatic rings. The first-order valence-corrected chi connectivity index (χ1v) is 43.1. The molecule has 17 nitrogen and oxygen atoms in total. The number of esters is 4. The van der Waals surface area contributed by atoms with E-state index in [0.717, 1.165) is 148 Å². The molecule has 0 amide bonds. The van der Waals surface area contributed by atoms with Gasteiger partial charge in [-0.25, -0.2) is 9.13 Å². The molecule has 0 saturated heterocycles. The van der Waals surface area contributed by atoms with Crippen molar-refractivity contribution in [2.24, 2.45) is 0 Å². The molecule has 5 unspecified atom stereocenters. The summed E-state index contributed by atoms with van der Waals surface area (Å²) in [5.41, 5.74) is 0. The van der Waals surface area contributed by atoms with E-state index in [0.29, 0.717) is 25.7 Å². The van der Waals surface area contributed by atoms with Gasteiger partial charge >= 0.3 is 39.5 Å². The Hall–Kier alpha value is -4.28. The minimum Gasteiger partial charge on any atom is -0.462 e. The Morgan fingerprint density at radius 1 is 0.284 bits per heavy atom. The van der Waals surface area contributed by atoms with Crippen molar-refractivity contribution in [3.63, 3.8) is 0 Å². The summed E-state index contributed by atoms with van der Waals surface area (Å²) in [4.78, 5) is 73.0. The van der Waals surface area contributed by atoms with Crippen molar-refractivity contribution in [3.05, 3.63) is 109 Å².